The summed E-state index contributed by atoms with van der Waals surface area (Å²) in [5.74, 6) is 2.74. The Balaban J connectivity index is 1.71. The van der Waals surface area contributed by atoms with Gasteiger partial charge in [-0.2, -0.15) is 0 Å². The molecule has 3 N–H and O–H groups in total. The van der Waals surface area contributed by atoms with Crippen LogP contribution in [0.5, 0.6) is 5.75 Å². The number of aliphatic hydroxyl groups is 1. The monoisotopic (exact) mass is 467 g/mol. The van der Waals surface area contributed by atoms with E-state index in [2.05, 4.69) is 15.8 Å². The van der Waals surface area contributed by atoms with Crippen LogP contribution in [-0.4, -0.2) is 65.8 Å². The molecule has 1 fully saturated rings. The van der Waals surface area contributed by atoms with Crippen molar-refractivity contribution in [1.29, 1.82) is 0 Å². The molecule has 1 atom stereocenters. The third kappa shape index (κ3) is 5.55. The van der Waals surface area contributed by atoms with Crippen molar-refractivity contribution in [1.82, 2.24) is 20.4 Å². The highest BCUT2D eigenvalue weighted by Crippen LogP contribution is 2.34. The number of rotatable bonds is 9. The Hall–Kier alpha value is -3.01. The third-order valence-electron chi connectivity index (χ3n) is 5.95. The van der Waals surface area contributed by atoms with Gasteiger partial charge in [0.1, 0.15) is 30.0 Å². The molecule has 0 unspecified atom stereocenters. The number of aliphatic hydroxyl groups excluding tert-OH is 1. The smallest absolute Gasteiger partial charge is 0.162 e. The van der Waals surface area contributed by atoms with Crippen LogP contribution in [0.4, 0.5) is 5.82 Å². The molecule has 9 nitrogen and oxygen atoms in total. The van der Waals surface area contributed by atoms with Crippen molar-refractivity contribution in [3.63, 3.8) is 0 Å². The molecule has 3 aromatic rings. The molecular weight excluding hydrogens is 434 g/mol. The summed E-state index contributed by atoms with van der Waals surface area (Å²) in [6.45, 7) is 7.98. The number of benzene rings is 1. The molecule has 0 aliphatic carbocycles. The first-order chi connectivity index (χ1) is 16.5. The number of hydrogen-bond acceptors (Lipinski definition) is 9. The molecule has 34 heavy (non-hydrogen) atoms. The minimum absolute atomic E-state index is 0.194. The van der Waals surface area contributed by atoms with Crippen molar-refractivity contribution in [3.05, 3.63) is 41.3 Å². The van der Waals surface area contributed by atoms with Crippen LogP contribution in [0.2, 0.25) is 0 Å². The number of aryl methyl sites for hydroxylation is 2. The molecule has 3 heterocycles. The lowest BCUT2D eigenvalue weighted by Crippen LogP contribution is -2.29. The fraction of sp³-hybridized carbons (Fsp3) is 0.480. The molecule has 1 aromatic carbocycles. The molecule has 0 spiro atoms. The molecule has 182 valence electrons. The van der Waals surface area contributed by atoms with E-state index < -0.39 is 6.10 Å². The lowest BCUT2D eigenvalue weighted by atomic mass is 10.0. The topological polar surface area (TPSA) is 115 Å². The van der Waals surface area contributed by atoms with Gasteiger partial charge in [-0.15, -0.1) is 0 Å². The number of hydrogen-bond donors (Lipinski definition) is 3. The van der Waals surface area contributed by atoms with E-state index in [1.54, 1.807) is 7.05 Å². The fourth-order valence-electron chi connectivity index (χ4n) is 4.10. The van der Waals surface area contributed by atoms with Crippen molar-refractivity contribution in [2.45, 2.75) is 45.8 Å². The molecule has 9 heteroatoms. The van der Waals surface area contributed by atoms with E-state index in [0.29, 0.717) is 18.1 Å². The second kappa shape index (κ2) is 10.9. The molecule has 1 aliphatic rings. The number of likely N-dealkylation sites (N-methyl/N-ethyl adjacent to an activating group) is 1. The number of nitrogens with one attached hydrogen (secondary N) is 2. The zero-order valence-electron chi connectivity index (χ0n) is 20.2. The van der Waals surface area contributed by atoms with Crippen LogP contribution < -0.4 is 15.4 Å². The van der Waals surface area contributed by atoms with Gasteiger partial charge in [-0.25, -0.2) is 9.97 Å². The van der Waals surface area contributed by atoms with Crippen molar-refractivity contribution in [2.75, 3.05) is 38.7 Å². The summed E-state index contributed by atoms with van der Waals surface area (Å²) in [6, 6.07) is 7.90. The quantitative estimate of drug-likeness (QED) is 0.436. The molecule has 0 radical (unpaired) electrons. The predicted molar refractivity (Wildman–Crippen MR) is 130 cm³/mol. The molecule has 4 rings (SSSR count). The van der Waals surface area contributed by atoms with Crippen LogP contribution in [0.15, 0.2) is 28.8 Å². The lowest BCUT2D eigenvalue weighted by Gasteiger charge is -2.25. The summed E-state index contributed by atoms with van der Waals surface area (Å²) in [7, 11) is 1.79. The van der Waals surface area contributed by atoms with E-state index in [0.717, 1.165) is 65.7 Å². The summed E-state index contributed by atoms with van der Waals surface area (Å²) in [5, 5.41) is 20.7. The van der Waals surface area contributed by atoms with E-state index in [-0.39, 0.29) is 12.6 Å². The maximum absolute atomic E-state index is 9.97. The third-order valence-corrected chi connectivity index (χ3v) is 5.95. The van der Waals surface area contributed by atoms with Gasteiger partial charge in [0.2, 0.25) is 0 Å². The summed E-state index contributed by atoms with van der Waals surface area (Å²) < 4.78 is 16.7. The van der Waals surface area contributed by atoms with Gasteiger partial charge in [0.15, 0.2) is 5.82 Å². The number of nitrogens with zero attached hydrogens (tertiary/aromatic N) is 3. The summed E-state index contributed by atoms with van der Waals surface area (Å²) in [4.78, 5) is 9.84. The first-order valence-corrected chi connectivity index (χ1v) is 11.7. The van der Waals surface area contributed by atoms with Crippen LogP contribution >= 0.6 is 0 Å². The minimum atomic E-state index is -0.592. The standard InChI is InChI=1S/C25H33N5O4/c1-15-23(22-16(2)30-34-17(22)3)28-25(29-24(15)27-19-8-10-32-11-9-19)18-6-5-7-21(12-18)33-14-20(31)13-26-4/h5-7,12,19-20,26,31H,8-11,13-14H2,1-4H3,(H,27,28,29)/t20-/m1/s1. The number of ether oxygens (including phenoxy) is 2. The van der Waals surface area contributed by atoms with Crippen LogP contribution in [0, 0.1) is 20.8 Å². The van der Waals surface area contributed by atoms with Gasteiger partial charge < -0.3 is 29.7 Å². The van der Waals surface area contributed by atoms with Crippen molar-refractivity contribution >= 4 is 5.82 Å². The second-order valence-electron chi connectivity index (χ2n) is 8.65. The van der Waals surface area contributed by atoms with E-state index in [4.69, 9.17) is 24.0 Å². The van der Waals surface area contributed by atoms with E-state index >= 15 is 0 Å². The van der Waals surface area contributed by atoms with Crippen LogP contribution in [0.3, 0.4) is 0 Å². The normalized spacial score (nSPS) is 15.3. The fourth-order valence-corrected chi connectivity index (χ4v) is 4.10. The van der Waals surface area contributed by atoms with Crippen molar-refractivity contribution in [2.24, 2.45) is 0 Å². The van der Waals surface area contributed by atoms with E-state index in [9.17, 15) is 5.11 Å². The molecule has 1 aliphatic heterocycles. The van der Waals surface area contributed by atoms with Crippen molar-refractivity contribution < 1.29 is 19.1 Å². The SMILES string of the molecule is CNC[C@@H](O)COc1cccc(-c2nc(NC3CCOCC3)c(C)c(-c3c(C)noc3C)n2)c1. The molecule has 0 amide bonds. The summed E-state index contributed by atoms with van der Waals surface area (Å²) in [6.07, 6.45) is 1.26. The Morgan fingerprint density at radius 3 is 2.68 bits per heavy atom. The van der Waals surface area contributed by atoms with E-state index in [1.165, 1.54) is 0 Å². The Bertz CT molecular complexity index is 1090. The number of aromatic nitrogens is 3. The highest BCUT2D eigenvalue weighted by Gasteiger charge is 2.22. The lowest BCUT2D eigenvalue weighted by molar-refractivity contribution is 0.0904. The average Bonchev–Trinajstić information content (AvgIpc) is 3.18. The molecule has 0 saturated carbocycles. The van der Waals surface area contributed by atoms with Gasteiger partial charge in [0.05, 0.1) is 17.0 Å². The first kappa shape index (κ1) is 24.1. The predicted octanol–water partition coefficient (Wildman–Crippen LogP) is 3.27. The Morgan fingerprint density at radius 2 is 1.97 bits per heavy atom. The molecular formula is C25H33N5O4. The maximum atomic E-state index is 9.97. The van der Waals surface area contributed by atoms with Crippen LogP contribution in [0.25, 0.3) is 22.6 Å². The highest BCUT2D eigenvalue weighted by molar-refractivity contribution is 5.74. The zero-order valence-corrected chi connectivity index (χ0v) is 20.2. The molecule has 1 saturated heterocycles. The van der Waals surface area contributed by atoms with Gasteiger partial charge in [0.25, 0.3) is 0 Å². The summed E-state index contributed by atoms with van der Waals surface area (Å²) >= 11 is 0. The zero-order chi connectivity index (χ0) is 24.1. The van der Waals surface area contributed by atoms with Crippen LogP contribution in [-0.2, 0) is 4.74 Å². The number of anilines is 1. The van der Waals surface area contributed by atoms with Gasteiger partial charge in [-0.1, -0.05) is 17.3 Å². The van der Waals surface area contributed by atoms with E-state index in [1.807, 2.05) is 45.0 Å². The second-order valence-corrected chi connectivity index (χ2v) is 8.65. The molecule has 2 aromatic heterocycles. The van der Waals surface area contributed by atoms with Gasteiger partial charge >= 0.3 is 0 Å². The summed E-state index contributed by atoms with van der Waals surface area (Å²) in [5.41, 5.74) is 4.25. The first-order valence-electron chi connectivity index (χ1n) is 11.7. The van der Waals surface area contributed by atoms with Gasteiger partial charge in [0, 0.05) is 36.9 Å². The van der Waals surface area contributed by atoms with Crippen LogP contribution in [0.1, 0.15) is 29.9 Å². The van der Waals surface area contributed by atoms with Gasteiger partial charge in [-0.3, -0.25) is 0 Å². The minimum Gasteiger partial charge on any atom is -0.491 e. The van der Waals surface area contributed by atoms with Crippen molar-refractivity contribution in [3.8, 4) is 28.4 Å². The average molecular weight is 468 g/mol. The maximum Gasteiger partial charge on any atom is 0.162 e. The Kier molecular flexibility index (Phi) is 7.77. The Morgan fingerprint density at radius 1 is 1.18 bits per heavy atom. The molecule has 0 bridgehead atoms. The van der Waals surface area contributed by atoms with Gasteiger partial charge in [-0.05, 0) is 52.8 Å². The largest absolute Gasteiger partial charge is 0.491 e. The Labute approximate surface area is 199 Å². The highest BCUT2D eigenvalue weighted by atomic mass is 16.5.